The van der Waals surface area contributed by atoms with Gasteiger partial charge in [0.1, 0.15) is 11.4 Å². The number of anilines is 1. The molecule has 0 atom stereocenters. The van der Waals surface area contributed by atoms with Gasteiger partial charge < -0.3 is 20.9 Å². The summed E-state index contributed by atoms with van der Waals surface area (Å²) in [5.41, 5.74) is 0.195. The number of carbonyl (C=O) groups is 1. The minimum atomic E-state index is -1.27. The van der Waals surface area contributed by atoms with E-state index in [1.54, 1.807) is 6.07 Å². The third kappa shape index (κ3) is 4.01. The average Bonchev–Trinajstić information content (AvgIpc) is 3.47. The van der Waals surface area contributed by atoms with Crippen LogP contribution in [0.5, 0.6) is 0 Å². The molecule has 0 amide bonds. The Bertz CT molecular complexity index is 940. The number of hydrogen-bond acceptors (Lipinski definition) is 4. The largest absolute Gasteiger partial charge is 1.00 e. The number of likely N-dealkylation sites (N-methyl/N-ethyl adjacent to an activating group) is 1. The van der Waals surface area contributed by atoms with Gasteiger partial charge in [-0.25, -0.2) is 9.18 Å². The van der Waals surface area contributed by atoms with Gasteiger partial charge in [-0.3, -0.25) is 4.79 Å². The molecule has 0 radical (unpaired) electrons. The second-order valence-corrected chi connectivity index (χ2v) is 7.06. The van der Waals surface area contributed by atoms with Gasteiger partial charge in [0, 0.05) is 43.8 Å². The molecular formula is C19H23FKN3O3. The molecule has 1 aromatic carbocycles. The fourth-order valence-corrected chi connectivity index (χ4v) is 3.71. The maximum Gasteiger partial charge on any atom is 1.00 e. The van der Waals surface area contributed by atoms with Crippen molar-refractivity contribution >= 4 is 22.6 Å². The molecule has 1 saturated carbocycles. The smallest absolute Gasteiger partial charge is 1.00 e. The summed E-state index contributed by atoms with van der Waals surface area (Å²) in [6.45, 7) is 6.31. The van der Waals surface area contributed by atoms with Crippen molar-refractivity contribution in [3.05, 3.63) is 39.9 Å². The van der Waals surface area contributed by atoms with Crippen LogP contribution in [0, 0.1) is 5.82 Å². The number of fused-ring (bicyclic) bond motifs is 1. The number of piperazine rings is 1. The predicted molar refractivity (Wildman–Crippen MR) is 98.8 cm³/mol. The molecule has 1 N–H and O–H groups in total. The molecule has 6 nitrogen and oxygen atoms in total. The van der Waals surface area contributed by atoms with Gasteiger partial charge in [-0.05, 0) is 31.5 Å². The molecule has 27 heavy (non-hydrogen) atoms. The summed E-state index contributed by atoms with van der Waals surface area (Å²) in [6.07, 6.45) is 3.30. The van der Waals surface area contributed by atoms with Crippen molar-refractivity contribution in [1.82, 2.24) is 9.47 Å². The molecular weight excluding hydrogens is 376 g/mol. The van der Waals surface area contributed by atoms with Crippen LogP contribution in [0.2, 0.25) is 0 Å². The van der Waals surface area contributed by atoms with Crippen LogP contribution < -0.4 is 61.7 Å². The van der Waals surface area contributed by atoms with Crippen molar-refractivity contribution in [2.45, 2.75) is 25.8 Å². The van der Waals surface area contributed by atoms with Gasteiger partial charge in [0.2, 0.25) is 5.43 Å². The molecule has 1 aliphatic carbocycles. The molecule has 0 unspecified atom stereocenters. The molecule has 0 bridgehead atoms. The first kappa shape index (κ1) is 20.9. The van der Waals surface area contributed by atoms with Crippen molar-refractivity contribution in [3.63, 3.8) is 0 Å². The number of pyridine rings is 1. The zero-order valence-electron chi connectivity index (χ0n) is 16.7. The van der Waals surface area contributed by atoms with Gasteiger partial charge in [0.25, 0.3) is 0 Å². The van der Waals surface area contributed by atoms with Gasteiger partial charge in [0.15, 0.2) is 0 Å². The van der Waals surface area contributed by atoms with Crippen LogP contribution in [0.15, 0.2) is 23.1 Å². The topological polar surface area (TPSA) is 65.8 Å². The Morgan fingerprint density at radius 2 is 1.93 bits per heavy atom. The van der Waals surface area contributed by atoms with Crippen molar-refractivity contribution in [2.24, 2.45) is 0 Å². The summed E-state index contributed by atoms with van der Waals surface area (Å²) in [7, 11) is 0. The zero-order chi connectivity index (χ0) is 18.4. The van der Waals surface area contributed by atoms with Crippen molar-refractivity contribution in [2.75, 3.05) is 37.6 Å². The van der Waals surface area contributed by atoms with Crippen LogP contribution >= 0.6 is 0 Å². The number of halogens is 1. The normalized spacial score (nSPS) is 17.8. The van der Waals surface area contributed by atoms with Crippen LogP contribution in [0.4, 0.5) is 10.1 Å². The Balaban J connectivity index is 0.00000140. The van der Waals surface area contributed by atoms with E-state index in [2.05, 4.69) is 11.8 Å². The number of aromatic carboxylic acids is 1. The van der Waals surface area contributed by atoms with E-state index in [4.69, 9.17) is 0 Å². The van der Waals surface area contributed by atoms with Crippen LogP contribution in [0.25, 0.3) is 10.9 Å². The van der Waals surface area contributed by atoms with E-state index in [1.807, 2.05) is 9.47 Å². The molecule has 1 aliphatic heterocycles. The maximum atomic E-state index is 14.8. The SMILES string of the molecule is CCN1CCN(c2cc3c(cc2F)c(=O)c(C(=O)O)cn3C2CC2)CC1.[H-].[K+]. The first-order valence-electron chi connectivity index (χ1n) is 9.08. The summed E-state index contributed by atoms with van der Waals surface area (Å²) in [5.74, 6) is -1.74. The van der Waals surface area contributed by atoms with Gasteiger partial charge in [-0.1, -0.05) is 6.92 Å². The number of rotatable bonds is 4. The molecule has 1 aromatic heterocycles. The summed E-state index contributed by atoms with van der Waals surface area (Å²) >= 11 is 0. The summed E-state index contributed by atoms with van der Waals surface area (Å²) in [5, 5.41) is 9.45. The number of nitrogens with zero attached hydrogens (tertiary/aromatic N) is 3. The first-order valence-corrected chi connectivity index (χ1v) is 9.08. The third-order valence-electron chi connectivity index (χ3n) is 5.43. The Morgan fingerprint density at radius 1 is 1.26 bits per heavy atom. The zero-order valence-corrected chi connectivity index (χ0v) is 18.9. The number of carboxylic acid groups (broad SMARTS) is 1. The fraction of sp³-hybridized carbons (Fsp3) is 0.474. The van der Waals surface area contributed by atoms with Gasteiger partial charge in [0.05, 0.1) is 11.2 Å². The van der Waals surface area contributed by atoms with E-state index >= 15 is 0 Å². The number of carboxylic acids is 1. The van der Waals surface area contributed by atoms with Gasteiger partial charge >= 0.3 is 57.4 Å². The molecule has 0 spiro atoms. The second kappa shape index (κ2) is 8.30. The Labute approximate surface area is 200 Å². The van der Waals surface area contributed by atoms with E-state index in [0.29, 0.717) is 11.2 Å². The van der Waals surface area contributed by atoms with Crippen LogP contribution in [-0.2, 0) is 0 Å². The summed E-state index contributed by atoms with van der Waals surface area (Å²) in [4.78, 5) is 28.2. The molecule has 140 valence electrons. The minimum Gasteiger partial charge on any atom is -1.00 e. The van der Waals surface area contributed by atoms with Crippen LogP contribution in [0.3, 0.4) is 0 Å². The Kier molecular flexibility index (Phi) is 6.44. The third-order valence-corrected chi connectivity index (χ3v) is 5.43. The van der Waals surface area contributed by atoms with Crippen molar-refractivity contribution < 1.29 is 67.1 Å². The minimum absolute atomic E-state index is 0. The standard InChI is InChI=1S/C19H22FN3O3.K.H/c1-2-21-5-7-22(8-6-21)17-10-16-13(9-15(17)20)18(24)14(19(25)26)11-23(16)12-3-4-12;;/h9-12H,2-8H2,1H3,(H,25,26);;/q;+1;-1. The monoisotopic (exact) mass is 399 g/mol. The molecule has 2 aromatic rings. The van der Waals surface area contributed by atoms with Gasteiger partial charge in [-0.15, -0.1) is 0 Å². The molecule has 2 heterocycles. The predicted octanol–water partition coefficient (Wildman–Crippen LogP) is -0.568. The van der Waals surface area contributed by atoms with Crippen LogP contribution in [0.1, 0.15) is 37.6 Å². The Morgan fingerprint density at radius 3 is 2.48 bits per heavy atom. The Hall–Kier alpha value is -0.774. The van der Waals surface area contributed by atoms with Crippen LogP contribution in [-0.4, -0.2) is 53.3 Å². The first-order chi connectivity index (χ1) is 12.5. The quantitative estimate of drug-likeness (QED) is 0.698. The van der Waals surface area contributed by atoms with E-state index in [-0.39, 0.29) is 69.8 Å². The number of benzene rings is 1. The number of hydrogen-bond donors (Lipinski definition) is 1. The molecule has 4 rings (SSSR count). The van der Waals surface area contributed by atoms with E-state index < -0.39 is 17.2 Å². The molecule has 8 heteroatoms. The number of aromatic nitrogens is 1. The van der Waals surface area contributed by atoms with Crippen molar-refractivity contribution in [1.29, 1.82) is 0 Å². The fourth-order valence-electron chi connectivity index (χ4n) is 3.71. The second-order valence-electron chi connectivity index (χ2n) is 7.06. The summed E-state index contributed by atoms with van der Waals surface area (Å²) in [6, 6.07) is 3.12. The molecule has 2 fully saturated rings. The van der Waals surface area contributed by atoms with Crippen molar-refractivity contribution in [3.8, 4) is 0 Å². The molecule has 2 aliphatic rings. The van der Waals surface area contributed by atoms with E-state index in [0.717, 1.165) is 45.6 Å². The van der Waals surface area contributed by atoms with E-state index in [9.17, 15) is 19.1 Å². The average molecular weight is 400 g/mol. The molecule has 1 saturated heterocycles. The maximum absolute atomic E-state index is 14.8. The van der Waals surface area contributed by atoms with E-state index in [1.165, 1.54) is 12.3 Å². The van der Waals surface area contributed by atoms with Gasteiger partial charge in [-0.2, -0.15) is 0 Å². The summed E-state index contributed by atoms with van der Waals surface area (Å²) < 4.78 is 16.6.